The van der Waals surface area contributed by atoms with E-state index in [1.807, 2.05) is 41.3 Å². The number of likely N-dealkylation sites (tertiary alicyclic amines) is 1. The number of nitrogens with zero attached hydrogens (tertiary/aromatic N) is 4. The van der Waals surface area contributed by atoms with Crippen LogP contribution in [0.1, 0.15) is 31.4 Å². The lowest BCUT2D eigenvalue weighted by molar-refractivity contribution is -0.130. The number of furan rings is 1. The van der Waals surface area contributed by atoms with Crippen LogP contribution in [0, 0.1) is 5.41 Å². The number of carbonyl (C=O) groups is 2. The molecule has 8 nitrogen and oxygen atoms in total. The van der Waals surface area contributed by atoms with Crippen molar-refractivity contribution in [2.45, 2.75) is 25.7 Å². The van der Waals surface area contributed by atoms with Crippen LogP contribution in [0.2, 0.25) is 0 Å². The molecular formula is C23H21N5O3S. The Kier molecular flexibility index (Phi) is 5.48. The van der Waals surface area contributed by atoms with Gasteiger partial charge in [-0.05, 0) is 49.2 Å². The van der Waals surface area contributed by atoms with E-state index >= 15 is 0 Å². The van der Waals surface area contributed by atoms with E-state index < -0.39 is 5.91 Å². The number of thioether (sulfide) groups is 1. The van der Waals surface area contributed by atoms with Crippen molar-refractivity contribution >= 4 is 45.7 Å². The van der Waals surface area contributed by atoms with E-state index in [-0.39, 0.29) is 23.7 Å². The second-order valence-corrected chi connectivity index (χ2v) is 8.74. The SMILES string of the molecule is N=C1C(=Cc2ccc(-c3ccccc3)o2)C(=O)N=C2SC(CC(=O)N3CCCCC3)=NN12. The summed E-state index contributed by atoms with van der Waals surface area (Å²) in [5, 5.41) is 15.1. The van der Waals surface area contributed by atoms with Crippen molar-refractivity contribution < 1.29 is 14.0 Å². The molecule has 0 spiro atoms. The molecule has 2 amide bonds. The molecule has 1 aromatic carbocycles. The molecule has 5 rings (SSSR count). The van der Waals surface area contributed by atoms with Gasteiger partial charge in [-0.15, -0.1) is 0 Å². The molecule has 32 heavy (non-hydrogen) atoms. The minimum Gasteiger partial charge on any atom is -0.457 e. The maximum Gasteiger partial charge on any atom is 0.283 e. The molecule has 0 unspecified atom stereocenters. The normalized spacial score (nSPS) is 19.8. The van der Waals surface area contributed by atoms with Crippen LogP contribution in [0.4, 0.5) is 0 Å². The monoisotopic (exact) mass is 447 g/mol. The van der Waals surface area contributed by atoms with Crippen LogP contribution in [-0.4, -0.2) is 50.9 Å². The average Bonchev–Trinajstić information content (AvgIpc) is 3.45. The quantitative estimate of drug-likeness (QED) is 0.715. The first-order valence-electron chi connectivity index (χ1n) is 10.5. The minimum atomic E-state index is -0.523. The van der Waals surface area contributed by atoms with Crippen molar-refractivity contribution in [3.05, 3.63) is 53.8 Å². The van der Waals surface area contributed by atoms with Gasteiger partial charge in [0, 0.05) is 18.7 Å². The molecule has 9 heteroatoms. The van der Waals surface area contributed by atoms with Crippen molar-refractivity contribution in [1.82, 2.24) is 9.91 Å². The minimum absolute atomic E-state index is 0.0223. The zero-order valence-corrected chi connectivity index (χ0v) is 18.1. The smallest absolute Gasteiger partial charge is 0.283 e. The summed E-state index contributed by atoms with van der Waals surface area (Å²) in [6, 6.07) is 13.2. The summed E-state index contributed by atoms with van der Waals surface area (Å²) < 4.78 is 5.84. The van der Waals surface area contributed by atoms with Gasteiger partial charge in [0.25, 0.3) is 5.91 Å². The molecule has 3 aliphatic rings. The predicted molar refractivity (Wildman–Crippen MR) is 124 cm³/mol. The van der Waals surface area contributed by atoms with Gasteiger partial charge in [0.15, 0.2) is 5.84 Å². The predicted octanol–water partition coefficient (Wildman–Crippen LogP) is 3.97. The van der Waals surface area contributed by atoms with E-state index in [0.29, 0.717) is 21.7 Å². The standard InChI is InChI=1S/C23H21N5O3S/c24-21-17(13-16-9-10-18(31-16)15-7-3-1-4-8-15)22(30)25-23-28(21)26-19(32-23)14-20(29)27-11-5-2-6-12-27/h1,3-4,7-10,13,24H,2,5-6,11-12,14H2. The molecule has 0 aliphatic carbocycles. The number of hydrogen-bond acceptors (Lipinski definition) is 6. The fraction of sp³-hybridized carbons (Fsp3) is 0.261. The van der Waals surface area contributed by atoms with Crippen molar-refractivity contribution in [2.75, 3.05) is 13.1 Å². The lowest BCUT2D eigenvalue weighted by atomic mass is 10.1. The van der Waals surface area contributed by atoms with Crippen LogP contribution >= 0.6 is 11.8 Å². The second-order valence-electron chi connectivity index (χ2n) is 7.70. The van der Waals surface area contributed by atoms with Gasteiger partial charge in [0.1, 0.15) is 16.6 Å². The summed E-state index contributed by atoms with van der Waals surface area (Å²) >= 11 is 1.17. The van der Waals surface area contributed by atoms with Crippen LogP contribution in [0.5, 0.6) is 0 Å². The highest BCUT2D eigenvalue weighted by molar-refractivity contribution is 8.27. The summed E-state index contributed by atoms with van der Waals surface area (Å²) in [6.07, 6.45) is 4.86. The number of amides is 2. The Morgan fingerprint density at radius 1 is 1.12 bits per heavy atom. The largest absolute Gasteiger partial charge is 0.457 e. The molecule has 1 aromatic heterocycles. The molecule has 1 N–H and O–H groups in total. The number of hydrogen-bond donors (Lipinski definition) is 1. The number of hydrazone groups is 1. The van der Waals surface area contributed by atoms with Crippen molar-refractivity contribution in [2.24, 2.45) is 10.1 Å². The molecule has 3 aliphatic heterocycles. The van der Waals surface area contributed by atoms with Gasteiger partial charge in [-0.3, -0.25) is 15.0 Å². The average molecular weight is 448 g/mol. The molecule has 0 bridgehead atoms. The first-order valence-corrected chi connectivity index (χ1v) is 11.3. The second kappa shape index (κ2) is 8.58. The van der Waals surface area contributed by atoms with E-state index in [1.54, 1.807) is 6.07 Å². The Hall–Kier alpha value is -3.46. The Bertz CT molecular complexity index is 1180. The van der Waals surface area contributed by atoms with Crippen LogP contribution < -0.4 is 0 Å². The van der Waals surface area contributed by atoms with Gasteiger partial charge in [0.05, 0.1) is 12.0 Å². The molecule has 0 atom stereocenters. The summed E-state index contributed by atoms with van der Waals surface area (Å²) in [7, 11) is 0. The van der Waals surface area contributed by atoms with Gasteiger partial charge in [-0.25, -0.2) is 0 Å². The number of rotatable bonds is 4. The summed E-state index contributed by atoms with van der Waals surface area (Å²) in [4.78, 5) is 31.1. The first-order chi connectivity index (χ1) is 15.6. The number of piperidine rings is 1. The Morgan fingerprint density at radius 3 is 2.69 bits per heavy atom. The third-order valence-electron chi connectivity index (χ3n) is 5.48. The summed E-state index contributed by atoms with van der Waals surface area (Å²) in [6.45, 7) is 1.55. The zero-order valence-electron chi connectivity index (χ0n) is 17.3. The Labute approximate surface area is 189 Å². The Balaban J connectivity index is 1.33. The number of nitrogens with one attached hydrogen (secondary N) is 1. The molecule has 1 saturated heterocycles. The number of amidine groups is 2. The maximum absolute atomic E-state index is 12.6. The highest BCUT2D eigenvalue weighted by Crippen LogP contribution is 2.30. The summed E-state index contributed by atoms with van der Waals surface area (Å²) in [5.41, 5.74) is 1.02. The van der Waals surface area contributed by atoms with E-state index in [9.17, 15) is 9.59 Å². The van der Waals surface area contributed by atoms with E-state index in [4.69, 9.17) is 9.83 Å². The maximum atomic E-state index is 12.6. The fourth-order valence-corrected chi connectivity index (χ4v) is 4.69. The fourth-order valence-electron chi connectivity index (χ4n) is 3.82. The molecule has 4 heterocycles. The van der Waals surface area contributed by atoms with Gasteiger partial charge in [0.2, 0.25) is 11.1 Å². The van der Waals surface area contributed by atoms with E-state index in [1.165, 1.54) is 22.8 Å². The Morgan fingerprint density at radius 2 is 1.91 bits per heavy atom. The van der Waals surface area contributed by atoms with E-state index in [2.05, 4.69) is 10.1 Å². The third kappa shape index (κ3) is 4.03. The van der Waals surface area contributed by atoms with Crippen LogP contribution in [-0.2, 0) is 9.59 Å². The van der Waals surface area contributed by atoms with Gasteiger partial charge < -0.3 is 9.32 Å². The molecule has 2 aromatic rings. The molecule has 0 radical (unpaired) electrons. The van der Waals surface area contributed by atoms with Crippen molar-refractivity contribution in [3.63, 3.8) is 0 Å². The van der Waals surface area contributed by atoms with Crippen LogP contribution in [0.25, 0.3) is 17.4 Å². The number of carbonyl (C=O) groups excluding carboxylic acids is 2. The van der Waals surface area contributed by atoms with Crippen LogP contribution in [0.15, 0.2) is 62.5 Å². The van der Waals surface area contributed by atoms with Crippen LogP contribution in [0.3, 0.4) is 0 Å². The number of aliphatic imine (C=N–C) groups is 1. The lowest BCUT2D eigenvalue weighted by Gasteiger charge is -2.26. The lowest BCUT2D eigenvalue weighted by Crippen LogP contribution is -2.36. The van der Waals surface area contributed by atoms with Crippen molar-refractivity contribution in [3.8, 4) is 11.3 Å². The highest BCUT2D eigenvalue weighted by Gasteiger charge is 2.36. The molecule has 162 valence electrons. The third-order valence-corrected chi connectivity index (χ3v) is 6.39. The van der Waals surface area contributed by atoms with Gasteiger partial charge in [-0.2, -0.15) is 15.1 Å². The zero-order chi connectivity index (χ0) is 22.1. The molecule has 1 fully saturated rings. The first kappa shape index (κ1) is 20.4. The molecular weight excluding hydrogens is 426 g/mol. The highest BCUT2D eigenvalue weighted by atomic mass is 32.2. The topological polar surface area (TPSA) is 102 Å². The van der Waals surface area contributed by atoms with E-state index in [0.717, 1.165) is 37.9 Å². The van der Waals surface area contributed by atoms with Gasteiger partial charge >= 0.3 is 0 Å². The van der Waals surface area contributed by atoms with Crippen molar-refractivity contribution in [1.29, 1.82) is 5.41 Å². The number of benzene rings is 1. The number of fused-ring (bicyclic) bond motifs is 1. The molecule has 0 saturated carbocycles. The van der Waals surface area contributed by atoms with Gasteiger partial charge in [-0.1, -0.05) is 30.3 Å². The summed E-state index contributed by atoms with van der Waals surface area (Å²) in [5.74, 6) is 0.543.